The Morgan fingerprint density at radius 1 is 1.32 bits per heavy atom. The fourth-order valence-corrected chi connectivity index (χ4v) is 5.70. The zero-order valence-electron chi connectivity index (χ0n) is 15.8. The van der Waals surface area contributed by atoms with E-state index in [0.29, 0.717) is 23.8 Å². The second kappa shape index (κ2) is 8.49. The van der Waals surface area contributed by atoms with Gasteiger partial charge in [-0.3, -0.25) is 9.59 Å². The van der Waals surface area contributed by atoms with Gasteiger partial charge in [-0.2, -0.15) is 11.8 Å². The lowest BCUT2D eigenvalue weighted by molar-refractivity contribution is -0.115. The van der Waals surface area contributed by atoms with Gasteiger partial charge in [0, 0.05) is 22.7 Å². The largest absolute Gasteiger partial charge is 0.326 e. The summed E-state index contributed by atoms with van der Waals surface area (Å²) in [6.45, 7) is 2.08. The summed E-state index contributed by atoms with van der Waals surface area (Å²) in [5.74, 6) is 1.99. The molecule has 28 heavy (non-hydrogen) atoms. The Labute approximate surface area is 172 Å². The van der Waals surface area contributed by atoms with Crippen molar-refractivity contribution in [3.05, 3.63) is 56.4 Å². The molecule has 1 aromatic carbocycles. The second-order valence-corrected chi connectivity index (χ2v) is 9.10. The summed E-state index contributed by atoms with van der Waals surface area (Å²) in [7, 11) is 0. The molecule has 0 unspecified atom stereocenters. The third-order valence-corrected chi connectivity index (χ3v) is 7.16. The van der Waals surface area contributed by atoms with E-state index in [1.54, 1.807) is 23.1 Å². The van der Waals surface area contributed by atoms with Crippen molar-refractivity contribution in [3.63, 3.8) is 0 Å². The lowest BCUT2D eigenvalue weighted by atomic mass is 10.1. The molecular formula is C21H23N3O2S2. The molecule has 7 heteroatoms. The van der Waals surface area contributed by atoms with Crippen LogP contribution >= 0.6 is 23.1 Å². The maximum atomic E-state index is 12.5. The van der Waals surface area contributed by atoms with E-state index in [2.05, 4.69) is 22.2 Å². The maximum absolute atomic E-state index is 12.5. The second-order valence-electron chi connectivity index (χ2n) is 6.91. The Balaban J connectivity index is 1.32. The molecule has 0 fully saturated rings. The van der Waals surface area contributed by atoms with Crippen LogP contribution in [-0.2, 0) is 29.8 Å². The summed E-state index contributed by atoms with van der Waals surface area (Å²) in [5, 5.41) is 3.78. The van der Waals surface area contributed by atoms with Crippen molar-refractivity contribution in [1.29, 1.82) is 0 Å². The van der Waals surface area contributed by atoms with Gasteiger partial charge in [-0.15, -0.1) is 11.3 Å². The third-order valence-electron chi connectivity index (χ3n) is 5.01. The first-order chi connectivity index (χ1) is 13.7. The summed E-state index contributed by atoms with van der Waals surface area (Å²) in [4.78, 5) is 34.4. The van der Waals surface area contributed by atoms with E-state index in [1.165, 1.54) is 10.4 Å². The van der Waals surface area contributed by atoms with Crippen molar-refractivity contribution in [2.24, 2.45) is 0 Å². The predicted octanol–water partition coefficient (Wildman–Crippen LogP) is 4.30. The number of aromatic amines is 1. The predicted molar refractivity (Wildman–Crippen MR) is 117 cm³/mol. The summed E-state index contributed by atoms with van der Waals surface area (Å²) in [6, 6.07) is 7.88. The van der Waals surface area contributed by atoms with Crippen molar-refractivity contribution >= 4 is 44.9 Å². The Kier molecular flexibility index (Phi) is 5.82. The molecule has 0 saturated carbocycles. The Hall–Kier alpha value is -2.12. The number of benzene rings is 1. The van der Waals surface area contributed by atoms with Gasteiger partial charge in [0.25, 0.3) is 5.56 Å². The monoisotopic (exact) mass is 413 g/mol. The molecule has 2 aromatic heterocycles. The topological polar surface area (TPSA) is 74.8 Å². The molecule has 3 aromatic rings. The molecule has 0 bridgehead atoms. The van der Waals surface area contributed by atoms with Crippen LogP contribution in [0.3, 0.4) is 0 Å². The molecule has 1 aliphatic rings. The minimum absolute atomic E-state index is 0.0139. The Morgan fingerprint density at radius 2 is 2.18 bits per heavy atom. The van der Waals surface area contributed by atoms with Crippen LogP contribution in [0.1, 0.15) is 41.6 Å². The zero-order valence-corrected chi connectivity index (χ0v) is 17.5. The number of aryl methyl sites for hydroxylation is 3. The van der Waals surface area contributed by atoms with E-state index in [1.807, 2.05) is 24.3 Å². The van der Waals surface area contributed by atoms with Gasteiger partial charge in [-0.1, -0.05) is 25.1 Å². The van der Waals surface area contributed by atoms with Crippen LogP contribution in [0.5, 0.6) is 0 Å². The average molecular weight is 414 g/mol. The SMILES string of the molecule is CCc1ccccc1NC(=O)CCSCc1nc2sc3c(c2c(=O)[nH]1)CCC3. The van der Waals surface area contributed by atoms with Crippen LogP contribution in [0, 0.1) is 0 Å². The maximum Gasteiger partial charge on any atom is 0.259 e. The molecule has 0 aliphatic heterocycles. The normalized spacial score (nSPS) is 13.0. The zero-order chi connectivity index (χ0) is 19.5. The first-order valence-corrected chi connectivity index (χ1v) is 11.6. The van der Waals surface area contributed by atoms with E-state index in [4.69, 9.17) is 0 Å². The van der Waals surface area contributed by atoms with Crippen molar-refractivity contribution in [2.75, 3.05) is 11.1 Å². The highest BCUT2D eigenvalue weighted by Crippen LogP contribution is 2.34. The highest BCUT2D eigenvalue weighted by atomic mass is 32.2. The number of rotatable bonds is 7. The number of para-hydroxylation sites is 1. The minimum atomic E-state index is -0.0195. The number of nitrogens with one attached hydrogen (secondary N) is 2. The highest BCUT2D eigenvalue weighted by molar-refractivity contribution is 7.98. The van der Waals surface area contributed by atoms with Gasteiger partial charge in [-0.05, 0) is 42.9 Å². The van der Waals surface area contributed by atoms with E-state index in [0.717, 1.165) is 47.2 Å². The van der Waals surface area contributed by atoms with Crippen molar-refractivity contribution in [2.45, 2.75) is 44.8 Å². The average Bonchev–Trinajstić information content (AvgIpc) is 3.26. The third kappa shape index (κ3) is 4.00. The number of carbonyl (C=O) groups is 1. The lowest BCUT2D eigenvalue weighted by Gasteiger charge is -2.09. The van der Waals surface area contributed by atoms with E-state index < -0.39 is 0 Å². The van der Waals surface area contributed by atoms with Crippen LogP contribution in [0.4, 0.5) is 5.69 Å². The molecule has 0 spiro atoms. The fourth-order valence-electron chi connectivity index (χ4n) is 3.61. The number of carbonyl (C=O) groups excluding carboxylic acids is 1. The summed E-state index contributed by atoms with van der Waals surface area (Å²) in [5.41, 5.74) is 3.22. The number of H-pyrrole nitrogens is 1. The highest BCUT2D eigenvalue weighted by Gasteiger charge is 2.21. The number of anilines is 1. The Morgan fingerprint density at radius 3 is 3.04 bits per heavy atom. The molecule has 0 atom stereocenters. The molecule has 0 saturated heterocycles. The Bertz CT molecular complexity index is 1070. The number of amides is 1. The number of hydrogen-bond donors (Lipinski definition) is 2. The molecule has 2 N–H and O–H groups in total. The number of aromatic nitrogens is 2. The quantitative estimate of drug-likeness (QED) is 0.567. The smallest absolute Gasteiger partial charge is 0.259 e. The van der Waals surface area contributed by atoms with Crippen LogP contribution < -0.4 is 10.9 Å². The van der Waals surface area contributed by atoms with Crippen LogP contribution in [-0.4, -0.2) is 21.6 Å². The van der Waals surface area contributed by atoms with Crippen molar-refractivity contribution in [1.82, 2.24) is 9.97 Å². The molecular weight excluding hydrogens is 390 g/mol. The van der Waals surface area contributed by atoms with E-state index >= 15 is 0 Å². The number of fused-ring (bicyclic) bond motifs is 3. The van der Waals surface area contributed by atoms with Crippen molar-refractivity contribution < 1.29 is 4.79 Å². The molecule has 1 amide bonds. The summed E-state index contributed by atoms with van der Waals surface area (Å²) in [6.07, 6.45) is 4.51. The van der Waals surface area contributed by atoms with Gasteiger partial charge < -0.3 is 10.3 Å². The molecule has 2 heterocycles. The standard InChI is InChI=1S/C21H23N3O2S2/c1-2-13-6-3-4-8-15(13)22-18(25)10-11-27-12-17-23-20(26)19-14-7-5-9-16(14)28-21(19)24-17/h3-4,6,8H,2,5,7,9-12H2,1H3,(H,22,25)(H,23,24,26). The lowest BCUT2D eigenvalue weighted by Crippen LogP contribution is -2.14. The molecule has 0 radical (unpaired) electrons. The molecule has 1 aliphatic carbocycles. The fraction of sp³-hybridized carbons (Fsp3) is 0.381. The van der Waals surface area contributed by atoms with Crippen molar-refractivity contribution in [3.8, 4) is 0 Å². The number of hydrogen-bond acceptors (Lipinski definition) is 5. The minimum Gasteiger partial charge on any atom is -0.326 e. The van der Waals surface area contributed by atoms with Gasteiger partial charge in [0.2, 0.25) is 5.91 Å². The van der Waals surface area contributed by atoms with Gasteiger partial charge >= 0.3 is 0 Å². The number of thiophene rings is 1. The van der Waals surface area contributed by atoms with Gasteiger partial charge in [-0.25, -0.2) is 4.98 Å². The number of nitrogens with zero attached hydrogens (tertiary/aromatic N) is 1. The molecule has 146 valence electrons. The van der Waals surface area contributed by atoms with E-state index in [9.17, 15) is 9.59 Å². The summed E-state index contributed by atoms with van der Waals surface area (Å²) < 4.78 is 0. The van der Waals surface area contributed by atoms with E-state index in [-0.39, 0.29) is 11.5 Å². The van der Waals surface area contributed by atoms with Gasteiger partial charge in [0.05, 0.1) is 11.1 Å². The van der Waals surface area contributed by atoms with Gasteiger partial charge in [0.15, 0.2) is 0 Å². The first-order valence-electron chi connectivity index (χ1n) is 9.64. The molecule has 5 nitrogen and oxygen atoms in total. The van der Waals surface area contributed by atoms with Crippen LogP contribution in [0.15, 0.2) is 29.1 Å². The van der Waals surface area contributed by atoms with Gasteiger partial charge in [0.1, 0.15) is 10.7 Å². The van der Waals surface area contributed by atoms with Crippen LogP contribution in [0.2, 0.25) is 0 Å². The first kappa shape index (κ1) is 19.2. The van der Waals surface area contributed by atoms with Crippen LogP contribution in [0.25, 0.3) is 10.2 Å². The number of thioether (sulfide) groups is 1. The molecule has 4 rings (SSSR count). The summed E-state index contributed by atoms with van der Waals surface area (Å²) >= 11 is 3.27.